The molecular formula is C16H18ClFN4O. The molecule has 0 aliphatic carbocycles. The van der Waals surface area contributed by atoms with Crippen LogP contribution in [0.3, 0.4) is 0 Å². The summed E-state index contributed by atoms with van der Waals surface area (Å²) >= 11 is 6.10. The Labute approximate surface area is 139 Å². The van der Waals surface area contributed by atoms with Crippen molar-refractivity contribution in [2.75, 3.05) is 31.1 Å². The topological polar surface area (TPSA) is 41.4 Å². The van der Waals surface area contributed by atoms with Crippen LogP contribution in [-0.4, -0.2) is 46.8 Å². The second kappa shape index (κ2) is 6.58. The van der Waals surface area contributed by atoms with Crippen molar-refractivity contribution in [2.45, 2.75) is 13.5 Å². The maximum atomic E-state index is 13.1. The van der Waals surface area contributed by atoms with Crippen LogP contribution in [0.1, 0.15) is 17.3 Å². The average molecular weight is 337 g/mol. The highest BCUT2D eigenvalue weighted by Crippen LogP contribution is 2.27. The zero-order valence-electron chi connectivity index (χ0n) is 12.9. The van der Waals surface area contributed by atoms with Crippen molar-refractivity contribution in [3.05, 3.63) is 47.0 Å². The van der Waals surface area contributed by atoms with Gasteiger partial charge in [-0.1, -0.05) is 11.6 Å². The third-order valence-electron chi connectivity index (χ3n) is 4.02. The summed E-state index contributed by atoms with van der Waals surface area (Å²) in [5, 5.41) is 4.54. The third kappa shape index (κ3) is 3.32. The summed E-state index contributed by atoms with van der Waals surface area (Å²) in [6, 6.07) is 4.39. The molecule has 0 radical (unpaired) electrons. The van der Waals surface area contributed by atoms with Gasteiger partial charge in [0.2, 0.25) is 0 Å². The van der Waals surface area contributed by atoms with E-state index < -0.39 is 0 Å². The standard InChI is InChI=1S/C16H18ClFN4O/c1-2-22-11-12(10-19-22)16(23)21-7-5-20(6-8-21)15-4-3-13(18)9-14(15)17/h3-4,9-11H,2,5-8H2,1H3. The number of carbonyl (C=O) groups excluding carboxylic acids is 1. The SMILES string of the molecule is CCn1cc(C(=O)N2CCN(c3ccc(F)cc3Cl)CC2)cn1. The molecule has 1 amide bonds. The van der Waals surface area contributed by atoms with E-state index in [-0.39, 0.29) is 11.7 Å². The molecule has 1 saturated heterocycles. The lowest BCUT2D eigenvalue weighted by Gasteiger charge is -2.36. The Kier molecular flexibility index (Phi) is 4.52. The minimum atomic E-state index is -0.347. The number of benzene rings is 1. The number of nitrogens with zero attached hydrogens (tertiary/aromatic N) is 4. The van der Waals surface area contributed by atoms with E-state index in [0.717, 1.165) is 12.2 Å². The molecule has 1 aromatic carbocycles. The fourth-order valence-electron chi connectivity index (χ4n) is 2.72. The zero-order chi connectivity index (χ0) is 16.4. The lowest BCUT2D eigenvalue weighted by Crippen LogP contribution is -2.48. The molecule has 1 aliphatic rings. The molecule has 1 fully saturated rings. The molecule has 23 heavy (non-hydrogen) atoms. The van der Waals surface area contributed by atoms with E-state index in [0.29, 0.717) is 36.8 Å². The summed E-state index contributed by atoms with van der Waals surface area (Å²) in [5.41, 5.74) is 1.42. The van der Waals surface area contributed by atoms with E-state index >= 15 is 0 Å². The highest BCUT2D eigenvalue weighted by atomic mass is 35.5. The monoisotopic (exact) mass is 336 g/mol. The van der Waals surface area contributed by atoms with Crippen molar-refractivity contribution >= 4 is 23.2 Å². The fraction of sp³-hybridized carbons (Fsp3) is 0.375. The molecule has 1 aliphatic heterocycles. The normalized spacial score (nSPS) is 15.1. The van der Waals surface area contributed by atoms with E-state index in [4.69, 9.17) is 11.6 Å². The highest BCUT2D eigenvalue weighted by molar-refractivity contribution is 6.33. The Hall–Kier alpha value is -2.08. The van der Waals surface area contributed by atoms with E-state index in [1.807, 2.05) is 11.8 Å². The second-order valence-corrected chi connectivity index (χ2v) is 5.87. The van der Waals surface area contributed by atoms with Gasteiger partial charge in [-0.3, -0.25) is 9.48 Å². The first-order valence-corrected chi connectivity index (χ1v) is 7.98. The van der Waals surface area contributed by atoms with Gasteiger partial charge in [-0.25, -0.2) is 4.39 Å². The van der Waals surface area contributed by atoms with Gasteiger partial charge < -0.3 is 9.80 Å². The second-order valence-electron chi connectivity index (χ2n) is 5.46. The number of carbonyl (C=O) groups is 1. The number of hydrogen-bond donors (Lipinski definition) is 0. The van der Waals surface area contributed by atoms with Crippen LogP contribution in [0.25, 0.3) is 0 Å². The maximum absolute atomic E-state index is 13.1. The third-order valence-corrected chi connectivity index (χ3v) is 4.32. The minimum absolute atomic E-state index is 0.00504. The number of amides is 1. The highest BCUT2D eigenvalue weighted by Gasteiger charge is 2.24. The van der Waals surface area contributed by atoms with Crippen LogP contribution >= 0.6 is 11.6 Å². The molecule has 2 heterocycles. The van der Waals surface area contributed by atoms with E-state index in [9.17, 15) is 9.18 Å². The Bertz CT molecular complexity index is 710. The number of halogens is 2. The number of piperazine rings is 1. The zero-order valence-corrected chi connectivity index (χ0v) is 13.6. The molecule has 0 saturated carbocycles. The van der Waals surface area contributed by atoms with Gasteiger partial charge in [0.05, 0.1) is 22.5 Å². The van der Waals surface area contributed by atoms with Gasteiger partial charge in [-0.15, -0.1) is 0 Å². The Morgan fingerprint density at radius 1 is 1.30 bits per heavy atom. The number of rotatable bonds is 3. The molecule has 0 bridgehead atoms. The number of hydrogen-bond acceptors (Lipinski definition) is 3. The van der Waals surface area contributed by atoms with Crippen LogP contribution in [0.4, 0.5) is 10.1 Å². The fourth-order valence-corrected chi connectivity index (χ4v) is 3.00. The summed E-state index contributed by atoms with van der Waals surface area (Å²) in [7, 11) is 0. The summed E-state index contributed by atoms with van der Waals surface area (Å²) in [6.07, 6.45) is 3.38. The Morgan fingerprint density at radius 2 is 2.04 bits per heavy atom. The van der Waals surface area contributed by atoms with Crippen LogP contribution in [0, 0.1) is 5.82 Å². The number of aryl methyl sites for hydroxylation is 1. The van der Waals surface area contributed by atoms with Crippen molar-refractivity contribution in [1.82, 2.24) is 14.7 Å². The molecular weight excluding hydrogens is 319 g/mol. The van der Waals surface area contributed by atoms with E-state index in [1.165, 1.54) is 12.1 Å². The quantitative estimate of drug-likeness (QED) is 0.865. The lowest BCUT2D eigenvalue weighted by molar-refractivity contribution is 0.0746. The molecule has 3 rings (SSSR count). The first kappa shape index (κ1) is 15.8. The van der Waals surface area contributed by atoms with Crippen LogP contribution in [0.2, 0.25) is 5.02 Å². The van der Waals surface area contributed by atoms with E-state index in [1.54, 1.807) is 23.1 Å². The van der Waals surface area contributed by atoms with Gasteiger partial charge in [0.1, 0.15) is 5.82 Å². The largest absolute Gasteiger partial charge is 0.367 e. The van der Waals surface area contributed by atoms with Crippen LogP contribution < -0.4 is 4.90 Å². The van der Waals surface area contributed by atoms with Crippen molar-refractivity contribution in [3.8, 4) is 0 Å². The molecule has 1 aromatic heterocycles. The van der Waals surface area contributed by atoms with Crippen molar-refractivity contribution in [3.63, 3.8) is 0 Å². The van der Waals surface area contributed by atoms with Gasteiger partial charge in [-0.05, 0) is 25.1 Å². The summed E-state index contributed by atoms with van der Waals surface area (Å²) in [6.45, 7) is 5.25. The first-order valence-electron chi connectivity index (χ1n) is 7.60. The van der Waals surface area contributed by atoms with Crippen molar-refractivity contribution in [1.29, 1.82) is 0 Å². The summed E-state index contributed by atoms with van der Waals surface area (Å²) in [4.78, 5) is 16.3. The molecule has 0 atom stereocenters. The molecule has 2 aromatic rings. The van der Waals surface area contributed by atoms with Crippen LogP contribution in [-0.2, 0) is 6.54 Å². The molecule has 0 spiro atoms. The summed E-state index contributed by atoms with van der Waals surface area (Å²) < 4.78 is 14.9. The van der Waals surface area contributed by atoms with E-state index in [2.05, 4.69) is 10.00 Å². The Balaban J connectivity index is 1.65. The van der Waals surface area contributed by atoms with Crippen LogP contribution in [0.15, 0.2) is 30.6 Å². The number of anilines is 1. The van der Waals surface area contributed by atoms with Gasteiger partial charge in [0.15, 0.2) is 0 Å². The predicted molar refractivity (Wildman–Crippen MR) is 87.4 cm³/mol. The molecule has 0 unspecified atom stereocenters. The Morgan fingerprint density at radius 3 is 2.65 bits per heavy atom. The van der Waals surface area contributed by atoms with Crippen molar-refractivity contribution < 1.29 is 9.18 Å². The molecule has 122 valence electrons. The van der Waals surface area contributed by atoms with Gasteiger partial charge in [0.25, 0.3) is 5.91 Å². The lowest BCUT2D eigenvalue weighted by atomic mass is 10.2. The smallest absolute Gasteiger partial charge is 0.257 e. The van der Waals surface area contributed by atoms with Gasteiger partial charge >= 0.3 is 0 Å². The van der Waals surface area contributed by atoms with Crippen molar-refractivity contribution in [2.24, 2.45) is 0 Å². The molecule has 5 nitrogen and oxygen atoms in total. The van der Waals surface area contributed by atoms with Crippen LogP contribution in [0.5, 0.6) is 0 Å². The number of aromatic nitrogens is 2. The average Bonchev–Trinajstić information content (AvgIpc) is 3.03. The summed E-state index contributed by atoms with van der Waals surface area (Å²) in [5.74, 6) is -0.352. The van der Waals surface area contributed by atoms with Gasteiger partial charge in [-0.2, -0.15) is 5.10 Å². The minimum Gasteiger partial charge on any atom is -0.367 e. The van der Waals surface area contributed by atoms with Gasteiger partial charge in [0, 0.05) is 38.9 Å². The molecule has 7 heteroatoms. The predicted octanol–water partition coefficient (Wildman–Crippen LogP) is 2.66. The first-order chi connectivity index (χ1) is 11.1. The molecule has 0 N–H and O–H groups in total. The maximum Gasteiger partial charge on any atom is 0.257 e.